The molecule has 150 valence electrons. The monoisotopic (exact) mass is 387 g/mol. The number of hydrogen-bond donors (Lipinski definition) is 1. The van der Waals surface area contributed by atoms with Gasteiger partial charge >= 0.3 is 17.6 Å². The lowest BCUT2D eigenvalue weighted by Crippen LogP contribution is -2.23. The Balaban J connectivity index is 2.61. The normalized spacial score (nSPS) is 11.8. The number of carbonyl (C=O) groups excluding carboxylic acids is 1. The van der Waals surface area contributed by atoms with Crippen molar-refractivity contribution in [3.05, 3.63) is 45.8 Å². The summed E-state index contributed by atoms with van der Waals surface area (Å²) in [6.45, 7) is 10.7. The van der Waals surface area contributed by atoms with E-state index in [1.165, 1.54) is 12.1 Å². The van der Waals surface area contributed by atoms with Crippen LogP contribution >= 0.6 is 0 Å². The van der Waals surface area contributed by atoms with Crippen LogP contribution in [-0.4, -0.2) is 35.7 Å². The maximum absolute atomic E-state index is 12.0. The highest BCUT2D eigenvalue weighted by molar-refractivity contribution is 5.95. The number of fused-ring (bicyclic) bond motifs is 1. The lowest BCUT2D eigenvalue weighted by Gasteiger charge is -2.23. The summed E-state index contributed by atoms with van der Waals surface area (Å²) in [6.07, 6.45) is 2.95. The number of esters is 1. The lowest BCUT2D eigenvalue weighted by atomic mass is 10.1. The number of aromatic carboxylic acids is 1. The molecule has 1 N–H and O–H groups in total. The molecule has 0 radical (unpaired) electrons. The maximum atomic E-state index is 12.0. The summed E-state index contributed by atoms with van der Waals surface area (Å²) in [4.78, 5) is 37.2. The number of carboxylic acids is 1. The van der Waals surface area contributed by atoms with Crippen LogP contribution < -0.4 is 10.5 Å². The summed E-state index contributed by atoms with van der Waals surface area (Å²) in [6, 6.07) is 4.66. The Morgan fingerprint density at radius 1 is 1.18 bits per heavy atom. The second-order valence-electron chi connectivity index (χ2n) is 7.24. The molecule has 0 amide bonds. The third-order valence-electron chi connectivity index (χ3n) is 4.02. The van der Waals surface area contributed by atoms with E-state index in [2.05, 4.69) is 0 Å². The van der Waals surface area contributed by atoms with Gasteiger partial charge in [0.1, 0.15) is 16.7 Å². The van der Waals surface area contributed by atoms with E-state index >= 15 is 0 Å². The van der Waals surface area contributed by atoms with Crippen LogP contribution in [0.2, 0.25) is 0 Å². The summed E-state index contributed by atoms with van der Waals surface area (Å²) in [5.41, 5.74) is -0.207. The molecule has 1 aromatic carbocycles. The predicted molar refractivity (Wildman–Crippen MR) is 108 cm³/mol. The van der Waals surface area contributed by atoms with Gasteiger partial charge < -0.3 is 19.2 Å². The Hall–Kier alpha value is -3.09. The fourth-order valence-corrected chi connectivity index (χ4v) is 2.79. The van der Waals surface area contributed by atoms with E-state index in [1.807, 2.05) is 18.7 Å². The van der Waals surface area contributed by atoms with Crippen LogP contribution in [0.4, 0.5) is 5.69 Å². The number of ether oxygens (including phenoxy) is 1. The average Bonchev–Trinajstić information content (AvgIpc) is 2.58. The molecular formula is C21H25NO6. The highest BCUT2D eigenvalue weighted by Crippen LogP contribution is 2.28. The quantitative estimate of drug-likeness (QED) is 0.458. The van der Waals surface area contributed by atoms with Gasteiger partial charge in [-0.2, -0.15) is 0 Å². The zero-order valence-electron chi connectivity index (χ0n) is 16.7. The van der Waals surface area contributed by atoms with Gasteiger partial charge in [0.15, 0.2) is 0 Å². The Kier molecular flexibility index (Phi) is 6.28. The Morgan fingerprint density at radius 3 is 2.36 bits per heavy atom. The van der Waals surface area contributed by atoms with E-state index < -0.39 is 28.7 Å². The number of carbonyl (C=O) groups is 2. The Labute approximate surface area is 163 Å². The third kappa shape index (κ3) is 5.00. The molecule has 1 heterocycles. The maximum Gasteiger partial charge on any atom is 0.351 e. The van der Waals surface area contributed by atoms with E-state index in [9.17, 15) is 14.4 Å². The van der Waals surface area contributed by atoms with Crippen LogP contribution in [0.5, 0.6) is 0 Å². The molecular weight excluding hydrogens is 362 g/mol. The molecule has 0 atom stereocenters. The minimum atomic E-state index is -1.35. The van der Waals surface area contributed by atoms with E-state index in [0.717, 1.165) is 5.69 Å². The third-order valence-corrected chi connectivity index (χ3v) is 4.02. The molecule has 2 aromatic rings. The first-order valence-electron chi connectivity index (χ1n) is 9.07. The Bertz CT molecular complexity index is 977. The second-order valence-corrected chi connectivity index (χ2v) is 7.24. The molecule has 0 saturated carbocycles. The number of nitrogens with zero attached hydrogens (tertiary/aromatic N) is 1. The molecule has 7 nitrogen and oxygen atoms in total. The molecule has 0 aliphatic carbocycles. The number of benzene rings is 1. The molecule has 0 aliphatic rings. The van der Waals surface area contributed by atoms with E-state index in [-0.39, 0.29) is 5.58 Å². The first-order chi connectivity index (χ1) is 13.1. The van der Waals surface area contributed by atoms with Crippen molar-refractivity contribution >= 4 is 34.7 Å². The van der Waals surface area contributed by atoms with E-state index in [1.54, 1.807) is 39.0 Å². The fourth-order valence-electron chi connectivity index (χ4n) is 2.79. The van der Waals surface area contributed by atoms with Crippen molar-refractivity contribution in [1.82, 2.24) is 0 Å². The summed E-state index contributed by atoms with van der Waals surface area (Å²) >= 11 is 0. The van der Waals surface area contributed by atoms with Crippen molar-refractivity contribution < 1.29 is 23.8 Å². The van der Waals surface area contributed by atoms with Crippen molar-refractivity contribution in [2.24, 2.45) is 0 Å². The predicted octanol–water partition coefficient (Wildman–Crippen LogP) is 3.69. The van der Waals surface area contributed by atoms with Crippen molar-refractivity contribution in [2.45, 2.75) is 40.2 Å². The number of rotatable bonds is 6. The summed E-state index contributed by atoms with van der Waals surface area (Å²) in [5.74, 6) is -1.83. The second kappa shape index (κ2) is 8.29. The molecule has 0 spiro atoms. The van der Waals surface area contributed by atoms with E-state index in [4.69, 9.17) is 14.3 Å². The van der Waals surface area contributed by atoms with Gasteiger partial charge in [-0.25, -0.2) is 14.4 Å². The molecule has 7 heteroatoms. The SMILES string of the molecule is CCN(CC)c1cc2oc(=O)c(C(=O)O)cc2cc1/C=C/C(=O)OC(C)(C)C. The van der Waals surface area contributed by atoms with Gasteiger partial charge in [0.05, 0.1) is 0 Å². The molecule has 0 saturated heterocycles. The molecule has 0 unspecified atom stereocenters. The van der Waals surface area contributed by atoms with Crippen LogP contribution in [0.25, 0.3) is 17.0 Å². The molecule has 0 fully saturated rings. The first-order valence-corrected chi connectivity index (χ1v) is 9.07. The zero-order chi connectivity index (χ0) is 21.1. The molecule has 28 heavy (non-hydrogen) atoms. The molecule has 1 aromatic heterocycles. The topological polar surface area (TPSA) is 97.0 Å². The van der Waals surface area contributed by atoms with Crippen molar-refractivity contribution in [2.75, 3.05) is 18.0 Å². The Morgan fingerprint density at radius 2 is 1.82 bits per heavy atom. The zero-order valence-corrected chi connectivity index (χ0v) is 16.7. The van der Waals surface area contributed by atoms with Gasteiger partial charge in [0.25, 0.3) is 0 Å². The summed E-state index contributed by atoms with van der Waals surface area (Å²) in [7, 11) is 0. The van der Waals surface area contributed by atoms with Crippen LogP contribution in [0.3, 0.4) is 0 Å². The van der Waals surface area contributed by atoms with Gasteiger partial charge in [-0.15, -0.1) is 0 Å². The highest BCUT2D eigenvalue weighted by atomic mass is 16.6. The number of hydrogen-bond acceptors (Lipinski definition) is 6. The molecule has 2 rings (SSSR count). The van der Waals surface area contributed by atoms with Gasteiger partial charge in [-0.3, -0.25) is 0 Å². The molecule has 0 bridgehead atoms. The lowest BCUT2D eigenvalue weighted by molar-refractivity contribution is -0.148. The van der Waals surface area contributed by atoms with Gasteiger partial charge in [-0.05, 0) is 58.4 Å². The van der Waals surface area contributed by atoms with Crippen molar-refractivity contribution in [3.63, 3.8) is 0 Å². The van der Waals surface area contributed by atoms with Crippen LogP contribution in [0.15, 0.2) is 33.5 Å². The van der Waals surface area contributed by atoms with Gasteiger partial charge in [0, 0.05) is 36.3 Å². The largest absolute Gasteiger partial charge is 0.477 e. The van der Waals surface area contributed by atoms with Gasteiger partial charge in [-0.1, -0.05) is 0 Å². The van der Waals surface area contributed by atoms with Crippen LogP contribution in [0.1, 0.15) is 50.5 Å². The minimum absolute atomic E-state index is 0.284. The van der Waals surface area contributed by atoms with Crippen LogP contribution in [-0.2, 0) is 9.53 Å². The number of carboxylic acid groups (broad SMARTS) is 1. The standard InChI is InChI=1S/C21H25NO6/c1-6-22(7-2)16-12-17-14(11-15(19(24)25)20(26)27-17)10-13(16)8-9-18(23)28-21(3,4)5/h8-12H,6-7H2,1-5H3,(H,24,25)/b9-8+. The summed E-state index contributed by atoms with van der Waals surface area (Å²) in [5, 5.41) is 9.61. The minimum Gasteiger partial charge on any atom is -0.477 e. The van der Waals surface area contributed by atoms with E-state index in [0.29, 0.717) is 24.0 Å². The van der Waals surface area contributed by atoms with Crippen LogP contribution in [0, 0.1) is 0 Å². The van der Waals surface area contributed by atoms with Crippen molar-refractivity contribution in [3.8, 4) is 0 Å². The molecule has 0 aliphatic heterocycles. The smallest absolute Gasteiger partial charge is 0.351 e. The fraction of sp³-hybridized carbons (Fsp3) is 0.381. The van der Waals surface area contributed by atoms with Gasteiger partial charge in [0.2, 0.25) is 0 Å². The average molecular weight is 387 g/mol. The first kappa shape index (κ1) is 21.2. The summed E-state index contributed by atoms with van der Waals surface area (Å²) < 4.78 is 10.5. The number of anilines is 1. The highest BCUT2D eigenvalue weighted by Gasteiger charge is 2.17. The van der Waals surface area contributed by atoms with Crippen molar-refractivity contribution in [1.29, 1.82) is 0 Å².